The second kappa shape index (κ2) is 6.65. The van der Waals surface area contributed by atoms with Gasteiger partial charge >= 0.3 is 5.97 Å². The van der Waals surface area contributed by atoms with E-state index in [1.165, 1.54) is 0 Å². The quantitative estimate of drug-likeness (QED) is 0.498. The molecule has 0 unspecified atom stereocenters. The molecular weight excluding hydrogens is 285 g/mol. The Morgan fingerprint density at radius 2 is 1.45 bits per heavy atom. The van der Waals surface area contributed by atoms with E-state index in [1.54, 1.807) is 6.92 Å². The van der Waals surface area contributed by atoms with Crippen molar-refractivity contribution >= 4 is 5.97 Å². The first kappa shape index (κ1) is 16.4. The van der Waals surface area contributed by atoms with Crippen LogP contribution in [0, 0.1) is 29.1 Å². The average Bonchev–Trinajstić information content (AvgIpc) is 2.38. The Morgan fingerprint density at radius 3 is 1.85 bits per heavy atom. The molecule has 3 nitrogen and oxygen atoms in total. The van der Waals surface area contributed by atoms with Gasteiger partial charge in [-0.25, -0.2) is 22.0 Å². The Hall–Kier alpha value is -1.70. The number of carboxylic acid groups (broad SMARTS) is 1. The zero-order chi connectivity index (χ0) is 15.4. The molecule has 1 aromatic carbocycles. The summed E-state index contributed by atoms with van der Waals surface area (Å²) in [7, 11) is 0. The predicted octanol–water partition coefficient (Wildman–Crippen LogP) is 2.68. The number of halogens is 5. The van der Waals surface area contributed by atoms with Crippen molar-refractivity contribution in [1.82, 2.24) is 4.90 Å². The van der Waals surface area contributed by atoms with Crippen LogP contribution in [0.3, 0.4) is 0 Å². The summed E-state index contributed by atoms with van der Waals surface area (Å²) in [4.78, 5) is 11.7. The van der Waals surface area contributed by atoms with Gasteiger partial charge in [0.1, 0.15) is 0 Å². The van der Waals surface area contributed by atoms with Gasteiger partial charge in [-0.3, -0.25) is 9.69 Å². The lowest BCUT2D eigenvalue weighted by molar-refractivity contribution is -0.138. The molecule has 0 aromatic heterocycles. The van der Waals surface area contributed by atoms with Gasteiger partial charge in [0.05, 0.1) is 6.54 Å². The lowest BCUT2D eigenvalue weighted by atomic mass is 10.1. The minimum Gasteiger partial charge on any atom is -0.480 e. The van der Waals surface area contributed by atoms with Crippen molar-refractivity contribution in [3.05, 3.63) is 34.6 Å². The van der Waals surface area contributed by atoms with Crippen molar-refractivity contribution < 1.29 is 31.9 Å². The van der Waals surface area contributed by atoms with Gasteiger partial charge in [0.2, 0.25) is 5.82 Å². The number of rotatable bonds is 6. The number of aliphatic carboxylic acids is 1. The van der Waals surface area contributed by atoms with E-state index in [-0.39, 0.29) is 6.54 Å². The third-order valence-corrected chi connectivity index (χ3v) is 2.58. The second-order valence-electron chi connectivity index (χ2n) is 4.15. The molecule has 0 atom stereocenters. The van der Waals surface area contributed by atoms with Crippen molar-refractivity contribution in [2.24, 2.45) is 0 Å². The molecule has 0 aliphatic rings. The smallest absolute Gasteiger partial charge is 0.317 e. The number of carbonyl (C=O) groups is 1. The van der Waals surface area contributed by atoms with E-state index < -0.39 is 53.7 Å². The van der Waals surface area contributed by atoms with Gasteiger partial charge < -0.3 is 5.11 Å². The standard InChI is InChI=1S/C12H12F5NO2/c1-2-3-18(5-7(19)20)4-6-8(13)10(15)12(17)11(16)9(6)14/h2-5H2,1H3,(H,19,20). The zero-order valence-corrected chi connectivity index (χ0v) is 10.5. The third kappa shape index (κ3) is 3.44. The molecule has 0 amide bonds. The molecule has 0 heterocycles. The maximum Gasteiger partial charge on any atom is 0.317 e. The van der Waals surface area contributed by atoms with Crippen LogP contribution in [0.1, 0.15) is 18.9 Å². The van der Waals surface area contributed by atoms with Crippen LogP contribution in [-0.2, 0) is 11.3 Å². The fourth-order valence-electron chi connectivity index (χ4n) is 1.73. The van der Waals surface area contributed by atoms with Crippen molar-refractivity contribution in [3.8, 4) is 0 Å². The molecule has 20 heavy (non-hydrogen) atoms. The fraction of sp³-hybridized carbons (Fsp3) is 0.417. The fourth-order valence-corrected chi connectivity index (χ4v) is 1.73. The SMILES string of the molecule is CCCN(CC(=O)O)Cc1c(F)c(F)c(F)c(F)c1F. The largest absolute Gasteiger partial charge is 0.480 e. The highest BCUT2D eigenvalue weighted by Gasteiger charge is 2.26. The molecule has 112 valence electrons. The number of carboxylic acids is 1. The van der Waals surface area contributed by atoms with E-state index in [0.29, 0.717) is 6.42 Å². The summed E-state index contributed by atoms with van der Waals surface area (Å²) < 4.78 is 65.8. The van der Waals surface area contributed by atoms with Gasteiger partial charge in [-0.2, -0.15) is 0 Å². The van der Waals surface area contributed by atoms with E-state index in [0.717, 1.165) is 4.90 Å². The zero-order valence-electron chi connectivity index (χ0n) is 10.5. The normalized spacial score (nSPS) is 11.2. The third-order valence-electron chi connectivity index (χ3n) is 2.58. The highest BCUT2D eigenvalue weighted by molar-refractivity contribution is 5.69. The van der Waals surface area contributed by atoms with Crippen LogP contribution in [0.4, 0.5) is 22.0 Å². The molecule has 8 heteroatoms. The lowest BCUT2D eigenvalue weighted by Crippen LogP contribution is -2.31. The first-order valence-electron chi connectivity index (χ1n) is 5.74. The Kier molecular flexibility index (Phi) is 5.43. The van der Waals surface area contributed by atoms with E-state index in [1.807, 2.05) is 0 Å². The highest BCUT2D eigenvalue weighted by atomic mass is 19.2. The predicted molar refractivity (Wildman–Crippen MR) is 59.4 cm³/mol. The molecular formula is C12H12F5NO2. The van der Waals surface area contributed by atoms with Crippen molar-refractivity contribution in [3.63, 3.8) is 0 Å². The van der Waals surface area contributed by atoms with Crippen LogP contribution in [0.25, 0.3) is 0 Å². The van der Waals surface area contributed by atoms with Crippen LogP contribution >= 0.6 is 0 Å². The molecule has 1 aromatic rings. The molecule has 0 saturated carbocycles. The van der Waals surface area contributed by atoms with E-state index >= 15 is 0 Å². The van der Waals surface area contributed by atoms with Crippen molar-refractivity contribution in [1.29, 1.82) is 0 Å². The molecule has 1 N–H and O–H groups in total. The summed E-state index contributed by atoms with van der Waals surface area (Å²) in [5.74, 6) is -11.4. The summed E-state index contributed by atoms with van der Waals surface area (Å²) in [5, 5.41) is 8.64. The van der Waals surface area contributed by atoms with E-state index in [2.05, 4.69) is 0 Å². The van der Waals surface area contributed by atoms with Gasteiger partial charge in [-0.05, 0) is 13.0 Å². The molecule has 0 saturated heterocycles. The number of hydrogen-bond acceptors (Lipinski definition) is 2. The van der Waals surface area contributed by atoms with Crippen molar-refractivity contribution in [2.45, 2.75) is 19.9 Å². The molecule has 1 rings (SSSR count). The van der Waals surface area contributed by atoms with Crippen LogP contribution in [0.2, 0.25) is 0 Å². The number of benzene rings is 1. The second-order valence-corrected chi connectivity index (χ2v) is 4.15. The number of nitrogens with zero attached hydrogens (tertiary/aromatic N) is 1. The summed E-state index contributed by atoms with van der Waals surface area (Å²) in [6, 6.07) is 0. The van der Waals surface area contributed by atoms with Gasteiger partial charge in [0, 0.05) is 12.1 Å². The van der Waals surface area contributed by atoms with Crippen LogP contribution in [-0.4, -0.2) is 29.1 Å². The van der Waals surface area contributed by atoms with Crippen LogP contribution in [0.5, 0.6) is 0 Å². The maximum absolute atomic E-state index is 13.4. The van der Waals surface area contributed by atoms with Crippen molar-refractivity contribution in [2.75, 3.05) is 13.1 Å². The van der Waals surface area contributed by atoms with Crippen LogP contribution < -0.4 is 0 Å². The minimum atomic E-state index is -2.23. The monoisotopic (exact) mass is 297 g/mol. The topological polar surface area (TPSA) is 40.5 Å². The summed E-state index contributed by atoms with van der Waals surface area (Å²) in [6.07, 6.45) is 0.461. The van der Waals surface area contributed by atoms with Gasteiger partial charge in [-0.1, -0.05) is 6.92 Å². The van der Waals surface area contributed by atoms with Gasteiger partial charge in [0.15, 0.2) is 23.3 Å². The van der Waals surface area contributed by atoms with E-state index in [4.69, 9.17) is 5.11 Å². The minimum absolute atomic E-state index is 0.145. The summed E-state index contributed by atoms with van der Waals surface area (Å²) >= 11 is 0. The van der Waals surface area contributed by atoms with E-state index in [9.17, 15) is 26.7 Å². The molecule has 0 bridgehead atoms. The average molecular weight is 297 g/mol. The maximum atomic E-state index is 13.4. The molecule has 0 fully saturated rings. The first-order valence-corrected chi connectivity index (χ1v) is 5.74. The lowest BCUT2D eigenvalue weighted by Gasteiger charge is -2.20. The number of hydrogen-bond donors (Lipinski definition) is 1. The Labute approximate surface area is 111 Å². The van der Waals surface area contributed by atoms with Gasteiger partial charge in [0.25, 0.3) is 0 Å². The molecule has 0 radical (unpaired) electrons. The first-order chi connectivity index (χ1) is 9.29. The van der Waals surface area contributed by atoms with Crippen LogP contribution in [0.15, 0.2) is 0 Å². The summed E-state index contributed by atoms with van der Waals surface area (Å²) in [6.45, 7) is 0.596. The Balaban J connectivity index is 3.15. The molecule has 0 spiro atoms. The highest BCUT2D eigenvalue weighted by Crippen LogP contribution is 2.24. The summed E-state index contributed by atoms with van der Waals surface area (Å²) in [5.41, 5.74) is -1.03. The van der Waals surface area contributed by atoms with Gasteiger partial charge in [-0.15, -0.1) is 0 Å². The Morgan fingerprint density at radius 1 is 1.00 bits per heavy atom. The molecule has 0 aliphatic carbocycles. The molecule has 0 aliphatic heterocycles. The Bertz CT molecular complexity index is 492.